The molecule has 0 bridgehead atoms. The first kappa shape index (κ1) is 34.8. The van der Waals surface area contributed by atoms with Crippen molar-refractivity contribution in [2.75, 3.05) is 0 Å². The number of benzene rings is 5. The predicted molar refractivity (Wildman–Crippen MR) is 202 cm³/mol. The van der Waals surface area contributed by atoms with Gasteiger partial charge in [0.15, 0.2) is 0 Å². The summed E-state index contributed by atoms with van der Waals surface area (Å²) in [4.78, 5) is 0. The SMILES string of the molecule is Cc1cc2c(cc1C(C)(C)C)-c1cc(C(C)(C)C)c(C)[c](/[Zr]([C]3=CC=CC3)=[C](\c3cccc(C(F)(F)F)c3)c3cccc4ccccc34)c1C2. The van der Waals surface area contributed by atoms with Crippen molar-refractivity contribution in [3.05, 3.63) is 157 Å². The second kappa shape index (κ2) is 12.6. The topological polar surface area (TPSA) is 0 Å². The standard InChI is InChI=1S/C23H29.C18H11F3.C5H5.Zr/c1-14-9-16-11-17-10-15(2)21(23(6,7)8)13-19(17)18(16)12-20(14)22(3,4)5;19-18(20,21)16-9-3-5-13(12-16)11-15-8-4-7-14-6-1-2-10-17(14)15;1-2-4-5-3-1;/h9,12-13H,11H2,1-8H3;1-10,12H;1-3H,4H2;. The van der Waals surface area contributed by atoms with Crippen molar-refractivity contribution < 1.29 is 34.4 Å². The molecule has 7 rings (SSSR count). The van der Waals surface area contributed by atoms with Gasteiger partial charge in [-0.3, -0.25) is 0 Å². The van der Waals surface area contributed by atoms with E-state index in [4.69, 9.17) is 0 Å². The molecule has 0 aromatic heterocycles. The van der Waals surface area contributed by atoms with Crippen LogP contribution in [-0.2, 0) is 44.7 Å². The van der Waals surface area contributed by atoms with Crippen molar-refractivity contribution >= 4 is 17.2 Å². The molecule has 0 radical (unpaired) electrons. The molecule has 254 valence electrons. The van der Waals surface area contributed by atoms with E-state index >= 15 is 0 Å². The fourth-order valence-electron chi connectivity index (χ4n) is 8.35. The van der Waals surface area contributed by atoms with Gasteiger partial charge in [-0.15, -0.1) is 0 Å². The molecule has 2 aliphatic rings. The Morgan fingerprint density at radius 1 is 0.720 bits per heavy atom. The third-order valence-corrected chi connectivity index (χ3v) is 18.5. The number of hydrogen-bond donors (Lipinski definition) is 0. The van der Waals surface area contributed by atoms with E-state index in [1.54, 1.807) is 6.07 Å². The average Bonchev–Trinajstić information content (AvgIpc) is 3.70. The van der Waals surface area contributed by atoms with Crippen LogP contribution in [0.2, 0.25) is 0 Å². The molecule has 2 aliphatic carbocycles. The molecule has 50 heavy (non-hydrogen) atoms. The summed E-state index contributed by atoms with van der Waals surface area (Å²) < 4.78 is 47.2. The van der Waals surface area contributed by atoms with Gasteiger partial charge < -0.3 is 0 Å². The van der Waals surface area contributed by atoms with Crippen molar-refractivity contribution in [3.8, 4) is 11.1 Å². The fraction of sp³-hybridized carbons (Fsp3) is 0.283. The fourth-order valence-corrected chi connectivity index (χ4v) is 16.8. The number of rotatable bonds is 4. The maximum absolute atomic E-state index is 14.4. The number of aryl methyl sites for hydroxylation is 1. The molecule has 0 unspecified atom stereocenters. The molecule has 0 nitrogen and oxygen atoms in total. The molecule has 5 aromatic rings. The third kappa shape index (κ3) is 6.17. The molecule has 0 heterocycles. The van der Waals surface area contributed by atoms with Gasteiger partial charge in [0.05, 0.1) is 0 Å². The summed E-state index contributed by atoms with van der Waals surface area (Å²) in [5, 5.41) is 2.18. The van der Waals surface area contributed by atoms with Gasteiger partial charge in [0.1, 0.15) is 0 Å². The Morgan fingerprint density at radius 3 is 2.08 bits per heavy atom. The van der Waals surface area contributed by atoms with E-state index in [9.17, 15) is 13.2 Å². The second-order valence-electron chi connectivity index (χ2n) is 16.1. The van der Waals surface area contributed by atoms with Crippen LogP contribution in [0.25, 0.3) is 21.9 Å². The first-order chi connectivity index (χ1) is 23.5. The van der Waals surface area contributed by atoms with Gasteiger partial charge in [0.2, 0.25) is 0 Å². The summed E-state index contributed by atoms with van der Waals surface area (Å²) in [7, 11) is 0. The number of hydrogen-bond acceptors (Lipinski definition) is 0. The molecule has 0 saturated heterocycles. The zero-order valence-corrected chi connectivity index (χ0v) is 32.8. The monoisotopic (exact) mass is 744 g/mol. The van der Waals surface area contributed by atoms with Crippen molar-refractivity contribution in [2.24, 2.45) is 0 Å². The molecular formula is C46H45F3Zr. The molecular weight excluding hydrogens is 701 g/mol. The zero-order chi connectivity index (χ0) is 35.7. The van der Waals surface area contributed by atoms with Crippen molar-refractivity contribution in [2.45, 2.75) is 85.2 Å². The second-order valence-corrected chi connectivity index (χ2v) is 22.0. The van der Waals surface area contributed by atoms with Gasteiger partial charge >= 0.3 is 305 Å². The Bertz CT molecular complexity index is 2280. The molecule has 0 fully saturated rings. The van der Waals surface area contributed by atoms with Gasteiger partial charge in [0, 0.05) is 0 Å². The van der Waals surface area contributed by atoms with Crippen LogP contribution in [0.15, 0.2) is 106 Å². The summed E-state index contributed by atoms with van der Waals surface area (Å²) in [6.07, 6.45) is 3.89. The van der Waals surface area contributed by atoms with Crippen LogP contribution in [0, 0.1) is 13.8 Å². The van der Waals surface area contributed by atoms with E-state index in [1.165, 1.54) is 63.2 Å². The van der Waals surface area contributed by atoms with E-state index in [0.717, 1.165) is 32.4 Å². The van der Waals surface area contributed by atoms with E-state index < -0.39 is 33.0 Å². The van der Waals surface area contributed by atoms with E-state index in [2.05, 4.69) is 122 Å². The van der Waals surface area contributed by atoms with Gasteiger partial charge in [-0.25, -0.2) is 0 Å². The van der Waals surface area contributed by atoms with Gasteiger partial charge in [0.25, 0.3) is 0 Å². The van der Waals surface area contributed by atoms with Crippen LogP contribution < -0.4 is 3.27 Å². The van der Waals surface area contributed by atoms with E-state index in [0.29, 0.717) is 5.56 Å². The third-order valence-electron chi connectivity index (χ3n) is 10.5. The van der Waals surface area contributed by atoms with Crippen LogP contribution in [-0.4, -0.2) is 3.21 Å². The molecule has 0 N–H and O–H groups in total. The molecule has 5 aromatic carbocycles. The van der Waals surface area contributed by atoms with Gasteiger partial charge in [-0.2, -0.15) is 0 Å². The summed E-state index contributed by atoms with van der Waals surface area (Å²) in [6.45, 7) is 18.2. The molecule has 0 atom stereocenters. The number of alkyl halides is 3. The van der Waals surface area contributed by atoms with Crippen LogP contribution in [0.3, 0.4) is 0 Å². The van der Waals surface area contributed by atoms with Crippen LogP contribution in [0.5, 0.6) is 0 Å². The van der Waals surface area contributed by atoms with Crippen molar-refractivity contribution in [3.63, 3.8) is 0 Å². The minimum absolute atomic E-state index is 0.00230. The quantitative estimate of drug-likeness (QED) is 0.169. The average molecular weight is 746 g/mol. The molecule has 4 heteroatoms. The Labute approximate surface area is 302 Å². The summed E-state index contributed by atoms with van der Waals surface area (Å²) >= 11 is -3.32. The molecule has 0 amide bonds. The van der Waals surface area contributed by atoms with Crippen LogP contribution >= 0.6 is 0 Å². The summed E-state index contributed by atoms with van der Waals surface area (Å²) in [5.74, 6) is 0. The number of fused-ring (bicyclic) bond motifs is 4. The maximum atomic E-state index is 14.4. The normalized spacial score (nSPS) is 14.9. The first-order valence-electron chi connectivity index (χ1n) is 17.6. The Hall–Kier alpha value is -3.62. The number of halogens is 3. The Balaban J connectivity index is 1.67. The van der Waals surface area contributed by atoms with E-state index in [1.807, 2.05) is 18.2 Å². The number of allylic oxidation sites excluding steroid dienone is 4. The van der Waals surface area contributed by atoms with Crippen molar-refractivity contribution in [1.29, 1.82) is 0 Å². The summed E-state index contributed by atoms with van der Waals surface area (Å²) in [5.41, 5.74) is 11.7. The van der Waals surface area contributed by atoms with Gasteiger partial charge in [-0.05, 0) is 0 Å². The van der Waals surface area contributed by atoms with Crippen molar-refractivity contribution in [1.82, 2.24) is 0 Å². The van der Waals surface area contributed by atoms with Gasteiger partial charge in [-0.1, -0.05) is 0 Å². The van der Waals surface area contributed by atoms with Crippen LogP contribution in [0.4, 0.5) is 13.2 Å². The molecule has 0 aliphatic heterocycles. The van der Waals surface area contributed by atoms with Crippen LogP contribution in [0.1, 0.15) is 98.0 Å². The molecule has 0 saturated carbocycles. The zero-order valence-electron chi connectivity index (χ0n) is 30.4. The molecule has 0 spiro atoms. The Kier molecular flexibility index (Phi) is 8.74. The Morgan fingerprint density at radius 2 is 1.40 bits per heavy atom. The summed E-state index contributed by atoms with van der Waals surface area (Å²) in [6, 6.07) is 28.1. The van der Waals surface area contributed by atoms with E-state index in [-0.39, 0.29) is 10.8 Å². The first-order valence-corrected chi connectivity index (χ1v) is 21.3. The predicted octanol–water partition coefficient (Wildman–Crippen LogP) is 12.0. The minimum atomic E-state index is -4.44.